The molecule has 0 bridgehead atoms. The summed E-state index contributed by atoms with van der Waals surface area (Å²) < 4.78 is 16.3. The molecule has 3 rings (SSSR count). The van der Waals surface area contributed by atoms with Crippen molar-refractivity contribution in [2.75, 3.05) is 41.0 Å². The molecule has 2 amide bonds. The highest BCUT2D eigenvalue weighted by Crippen LogP contribution is 2.40. The van der Waals surface area contributed by atoms with Gasteiger partial charge in [0.25, 0.3) is 5.91 Å². The lowest BCUT2D eigenvalue weighted by Gasteiger charge is -2.21. The van der Waals surface area contributed by atoms with Crippen molar-refractivity contribution in [2.45, 2.75) is 26.2 Å². The molecule has 2 atom stereocenters. The molecule has 1 heterocycles. The highest BCUT2D eigenvalue weighted by atomic mass is 16.5. The van der Waals surface area contributed by atoms with Crippen LogP contribution in [0.15, 0.2) is 42.5 Å². The van der Waals surface area contributed by atoms with E-state index in [4.69, 9.17) is 14.2 Å². The highest BCUT2D eigenvalue weighted by molar-refractivity contribution is 5.95. The Hall–Kier alpha value is -3.22. The van der Waals surface area contributed by atoms with E-state index in [-0.39, 0.29) is 17.7 Å². The smallest absolute Gasteiger partial charge is 0.254 e. The van der Waals surface area contributed by atoms with Gasteiger partial charge < -0.3 is 24.4 Å². The molecule has 33 heavy (non-hydrogen) atoms. The molecule has 0 aliphatic carbocycles. The minimum absolute atomic E-state index is 0.0496. The quantitative estimate of drug-likeness (QED) is 0.625. The third-order valence-corrected chi connectivity index (χ3v) is 6.12. The summed E-state index contributed by atoms with van der Waals surface area (Å²) in [6.07, 6.45) is 0.901. The topological polar surface area (TPSA) is 77.1 Å². The Kier molecular flexibility index (Phi) is 8.20. The van der Waals surface area contributed by atoms with Crippen LogP contribution < -0.4 is 19.5 Å². The number of rotatable bonds is 9. The first-order chi connectivity index (χ1) is 15.9. The number of nitrogens with one attached hydrogen (secondary N) is 1. The molecule has 2 aromatic rings. The average molecular weight is 455 g/mol. The van der Waals surface area contributed by atoms with Gasteiger partial charge in [0, 0.05) is 36.7 Å². The highest BCUT2D eigenvalue weighted by Gasteiger charge is 2.42. The Labute approximate surface area is 196 Å². The summed E-state index contributed by atoms with van der Waals surface area (Å²) in [5.41, 5.74) is 1.40. The van der Waals surface area contributed by atoms with Crippen LogP contribution >= 0.6 is 0 Å². The van der Waals surface area contributed by atoms with Crippen LogP contribution in [0.5, 0.6) is 17.2 Å². The van der Waals surface area contributed by atoms with Crippen LogP contribution in [-0.4, -0.2) is 57.7 Å². The standard InChI is InChI=1S/C26H34N2O5/c1-17(2)11-12-27-25(29)23-16-28(26(30)18-7-6-8-19(13-18)31-3)15-22(23)21-14-20(32-4)9-10-24(21)33-5/h6-10,13-14,17,22-23H,11-12,15-16H2,1-5H3,(H,27,29)/t22-,23-/m0/s1. The number of ether oxygens (including phenoxy) is 3. The minimum Gasteiger partial charge on any atom is -0.497 e. The van der Waals surface area contributed by atoms with Gasteiger partial charge in [0.05, 0.1) is 27.2 Å². The van der Waals surface area contributed by atoms with Gasteiger partial charge in [-0.05, 0) is 48.7 Å². The molecule has 1 saturated heterocycles. The average Bonchev–Trinajstić information content (AvgIpc) is 3.28. The molecule has 0 radical (unpaired) electrons. The minimum atomic E-state index is -0.396. The van der Waals surface area contributed by atoms with Gasteiger partial charge in [-0.3, -0.25) is 9.59 Å². The first-order valence-corrected chi connectivity index (χ1v) is 11.3. The summed E-state index contributed by atoms with van der Waals surface area (Å²) in [7, 11) is 4.79. The number of carbonyl (C=O) groups excluding carboxylic acids is 2. The van der Waals surface area contributed by atoms with Crippen LogP contribution in [0, 0.1) is 11.8 Å². The van der Waals surface area contributed by atoms with Gasteiger partial charge in [-0.2, -0.15) is 0 Å². The Morgan fingerprint density at radius 3 is 2.39 bits per heavy atom. The second-order valence-electron chi connectivity index (χ2n) is 8.74. The zero-order chi connectivity index (χ0) is 24.0. The molecule has 0 aromatic heterocycles. The molecule has 7 nitrogen and oxygen atoms in total. The maximum Gasteiger partial charge on any atom is 0.254 e. The van der Waals surface area contributed by atoms with E-state index in [1.54, 1.807) is 50.5 Å². The molecular formula is C26H34N2O5. The molecule has 7 heteroatoms. The Balaban J connectivity index is 1.91. The molecule has 1 aliphatic heterocycles. The van der Waals surface area contributed by atoms with Crippen LogP contribution in [0.4, 0.5) is 0 Å². The lowest BCUT2D eigenvalue weighted by atomic mass is 9.87. The van der Waals surface area contributed by atoms with E-state index < -0.39 is 5.92 Å². The number of amides is 2. The SMILES string of the molecule is COc1cccc(C(=O)N2C[C@H](C(=O)NCCC(C)C)[C@H](c3cc(OC)ccc3OC)C2)c1. The van der Waals surface area contributed by atoms with Gasteiger partial charge in [0.15, 0.2) is 0 Å². The molecule has 1 N–H and O–H groups in total. The molecule has 2 aromatic carbocycles. The monoisotopic (exact) mass is 454 g/mol. The zero-order valence-electron chi connectivity index (χ0n) is 20.1. The lowest BCUT2D eigenvalue weighted by molar-refractivity contribution is -0.124. The van der Waals surface area contributed by atoms with Crippen LogP contribution in [0.3, 0.4) is 0 Å². The first-order valence-electron chi connectivity index (χ1n) is 11.3. The van der Waals surface area contributed by atoms with Gasteiger partial charge in [-0.15, -0.1) is 0 Å². The van der Waals surface area contributed by atoms with Crippen molar-refractivity contribution in [1.82, 2.24) is 10.2 Å². The van der Waals surface area contributed by atoms with Crippen LogP contribution in [0.25, 0.3) is 0 Å². The van der Waals surface area contributed by atoms with E-state index in [1.807, 2.05) is 18.2 Å². The second kappa shape index (κ2) is 11.1. The summed E-state index contributed by atoms with van der Waals surface area (Å²) in [4.78, 5) is 28.3. The Morgan fingerprint density at radius 1 is 1.00 bits per heavy atom. The van der Waals surface area contributed by atoms with E-state index in [9.17, 15) is 9.59 Å². The number of nitrogens with zero attached hydrogens (tertiary/aromatic N) is 1. The van der Waals surface area contributed by atoms with Crippen LogP contribution in [0.2, 0.25) is 0 Å². The summed E-state index contributed by atoms with van der Waals surface area (Å²) in [6, 6.07) is 12.7. The lowest BCUT2D eigenvalue weighted by Crippen LogP contribution is -2.36. The normalized spacial score (nSPS) is 17.7. The number of hydrogen-bond donors (Lipinski definition) is 1. The summed E-state index contributed by atoms with van der Waals surface area (Å²) >= 11 is 0. The third kappa shape index (κ3) is 5.78. The number of carbonyl (C=O) groups is 2. The van der Waals surface area contributed by atoms with E-state index in [1.165, 1.54) is 0 Å². The molecule has 178 valence electrons. The number of hydrogen-bond acceptors (Lipinski definition) is 5. The van der Waals surface area contributed by atoms with Crippen LogP contribution in [0.1, 0.15) is 42.1 Å². The summed E-state index contributed by atoms with van der Waals surface area (Å²) in [5.74, 6) is 1.68. The predicted molar refractivity (Wildman–Crippen MR) is 127 cm³/mol. The molecule has 0 saturated carbocycles. The Bertz CT molecular complexity index is 975. The fraction of sp³-hybridized carbons (Fsp3) is 0.462. The van der Waals surface area contributed by atoms with E-state index in [0.29, 0.717) is 48.4 Å². The van der Waals surface area contributed by atoms with E-state index in [2.05, 4.69) is 19.2 Å². The second-order valence-corrected chi connectivity index (χ2v) is 8.74. The zero-order valence-corrected chi connectivity index (χ0v) is 20.1. The molecule has 1 fully saturated rings. The Morgan fingerprint density at radius 2 is 1.73 bits per heavy atom. The fourth-order valence-corrected chi connectivity index (χ4v) is 4.23. The number of methoxy groups -OCH3 is 3. The van der Waals surface area contributed by atoms with E-state index in [0.717, 1.165) is 12.0 Å². The van der Waals surface area contributed by atoms with Crippen molar-refractivity contribution >= 4 is 11.8 Å². The number of benzene rings is 2. The van der Waals surface area contributed by atoms with Crippen molar-refractivity contribution < 1.29 is 23.8 Å². The van der Waals surface area contributed by atoms with Crippen molar-refractivity contribution in [3.05, 3.63) is 53.6 Å². The summed E-state index contributed by atoms with van der Waals surface area (Å²) in [5, 5.41) is 3.07. The van der Waals surface area contributed by atoms with Gasteiger partial charge >= 0.3 is 0 Å². The molecule has 0 unspecified atom stereocenters. The van der Waals surface area contributed by atoms with Crippen LogP contribution in [-0.2, 0) is 4.79 Å². The van der Waals surface area contributed by atoms with Gasteiger partial charge in [-0.25, -0.2) is 0 Å². The molecule has 1 aliphatic rings. The van der Waals surface area contributed by atoms with Gasteiger partial charge in [0.2, 0.25) is 5.91 Å². The van der Waals surface area contributed by atoms with E-state index >= 15 is 0 Å². The fourth-order valence-electron chi connectivity index (χ4n) is 4.23. The molecular weight excluding hydrogens is 420 g/mol. The van der Waals surface area contributed by atoms with Crippen molar-refractivity contribution in [1.29, 1.82) is 0 Å². The maximum atomic E-state index is 13.3. The summed E-state index contributed by atoms with van der Waals surface area (Å²) in [6.45, 7) is 5.59. The van der Waals surface area contributed by atoms with Gasteiger partial charge in [0.1, 0.15) is 17.2 Å². The first kappa shape index (κ1) is 24.4. The van der Waals surface area contributed by atoms with Gasteiger partial charge in [-0.1, -0.05) is 19.9 Å². The largest absolute Gasteiger partial charge is 0.497 e. The predicted octanol–water partition coefficient (Wildman–Crippen LogP) is 3.73. The maximum absolute atomic E-state index is 13.3. The molecule has 0 spiro atoms. The third-order valence-electron chi connectivity index (χ3n) is 6.12. The van der Waals surface area contributed by atoms with Crippen molar-refractivity contribution in [2.24, 2.45) is 11.8 Å². The van der Waals surface area contributed by atoms with Crippen molar-refractivity contribution in [3.8, 4) is 17.2 Å². The van der Waals surface area contributed by atoms with Crippen molar-refractivity contribution in [3.63, 3.8) is 0 Å². The number of likely N-dealkylation sites (tertiary alicyclic amines) is 1.